The van der Waals surface area contributed by atoms with Crippen LogP contribution in [0.25, 0.3) is 0 Å². The summed E-state index contributed by atoms with van der Waals surface area (Å²) in [5.74, 6) is -3.68. The Morgan fingerprint density at radius 1 is 1.41 bits per heavy atom. The van der Waals surface area contributed by atoms with Crippen LogP contribution in [-0.4, -0.2) is 56.3 Å². The molecular weight excluding hydrogens is 340 g/mol. The number of halogens is 1. The maximum atomic E-state index is 11.0. The zero-order valence-corrected chi connectivity index (χ0v) is 14.4. The summed E-state index contributed by atoms with van der Waals surface area (Å²) in [6, 6.07) is 0. The minimum absolute atomic E-state index is 0.0889. The van der Waals surface area contributed by atoms with E-state index in [1.54, 1.807) is 13.8 Å². The van der Waals surface area contributed by atoms with Crippen LogP contribution in [0.5, 0.6) is 0 Å². The van der Waals surface area contributed by atoms with Crippen molar-refractivity contribution in [1.29, 1.82) is 0 Å². The average Bonchev–Trinajstić information content (AvgIpc) is 2.54. The van der Waals surface area contributed by atoms with Gasteiger partial charge in [0.05, 0.1) is 12.7 Å². The van der Waals surface area contributed by atoms with Crippen molar-refractivity contribution in [3.05, 3.63) is 0 Å². The molecule has 2 heterocycles. The molecule has 2 saturated heterocycles. The van der Waals surface area contributed by atoms with Crippen LogP contribution in [0.4, 0.5) is 0 Å². The van der Waals surface area contributed by atoms with E-state index >= 15 is 0 Å². The minimum atomic E-state index is -4.16. The van der Waals surface area contributed by atoms with Gasteiger partial charge in [-0.2, -0.15) is 8.42 Å². The summed E-state index contributed by atoms with van der Waals surface area (Å²) in [5.41, 5.74) is 0. The molecule has 10 heteroatoms. The van der Waals surface area contributed by atoms with Gasteiger partial charge in [-0.05, 0) is 27.7 Å². The predicted molar refractivity (Wildman–Crippen MR) is 75.2 cm³/mol. The number of hydrogen-bond donors (Lipinski definition) is 1. The van der Waals surface area contributed by atoms with Crippen molar-refractivity contribution >= 4 is 20.0 Å². The molecular formula is C12H21ClO8S. The molecule has 3 atom stereocenters. The van der Waals surface area contributed by atoms with Crippen molar-refractivity contribution in [2.75, 3.05) is 13.2 Å². The largest absolute Gasteiger partial charge is 0.366 e. The zero-order valence-electron chi connectivity index (χ0n) is 12.9. The third kappa shape index (κ3) is 4.75. The molecule has 8 nitrogen and oxygen atoms in total. The van der Waals surface area contributed by atoms with Gasteiger partial charge in [0, 0.05) is 17.1 Å². The minimum Gasteiger partial charge on any atom is -0.366 e. The molecule has 0 aliphatic carbocycles. The highest BCUT2D eigenvalue weighted by Gasteiger charge is 2.58. The van der Waals surface area contributed by atoms with Gasteiger partial charge < -0.3 is 24.1 Å². The van der Waals surface area contributed by atoms with E-state index in [-0.39, 0.29) is 6.61 Å². The van der Waals surface area contributed by atoms with E-state index < -0.39 is 45.5 Å². The first-order valence-corrected chi connectivity index (χ1v) is 9.05. The topological polar surface area (TPSA) is 101 Å². The summed E-state index contributed by atoms with van der Waals surface area (Å²) >= 11 is 0. The van der Waals surface area contributed by atoms with Crippen molar-refractivity contribution < 1.29 is 36.7 Å². The Kier molecular flexibility index (Phi) is 4.85. The molecule has 22 heavy (non-hydrogen) atoms. The van der Waals surface area contributed by atoms with Gasteiger partial charge in [-0.1, -0.05) is 0 Å². The van der Waals surface area contributed by atoms with Gasteiger partial charge in [-0.15, -0.1) is 0 Å². The molecule has 0 aromatic carbocycles. The molecule has 0 amide bonds. The van der Waals surface area contributed by atoms with Gasteiger partial charge in [0.2, 0.25) is 5.79 Å². The lowest BCUT2D eigenvalue weighted by Gasteiger charge is -2.40. The molecule has 2 aliphatic heterocycles. The van der Waals surface area contributed by atoms with Gasteiger partial charge in [0.1, 0.15) is 12.7 Å². The smallest absolute Gasteiger partial charge is 0.355 e. The van der Waals surface area contributed by atoms with Gasteiger partial charge in [-0.3, -0.25) is 4.18 Å². The zero-order chi connectivity index (χ0) is 16.8. The fourth-order valence-corrected chi connectivity index (χ4v) is 3.07. The molecule has 0 bridgehead atoms. The van der Waals surface area contributed by atoms with Gasteiger partial charge >= 0.3 is 9.33 Å². The summed E-state index contributed by atoms with van der Waals surface area (Å²) in [6.07, 6.45) is -0.704. The standard InChI is InChI=1S/C12H21ClO8S/c1-10(2,14)19-8-5-9-12(17-6-8,7-18-22(13,15)16)21-11(3,4)20-9/h8-9,14H,5-7H2,1-4H3/t8-,9-,12-/m0/s1. The van der Waals surface area contributed by atoms with E-state index in [0.29, 0.717) is 6.42 Å². The molecule has 130 valence electrons. The molecule has 0 aromatic heterocycles. The fraction of sp³-hybridized carbons (Fsp3) is 1.00. The first kappa shape index (κ1) is 18.3. The Morgan fingerprint density at radius 2 is 2.05 bits per heavy atom. The lowest BCUT2D eigenvalue weighted by molar-refractivity contribution is -0.307. The van der Waals surface area contributed by atoms with Crippen LogP contribution in [0.3, 0.4) is 0 Å². The first-order chi connectivity index (χ1) is 9.80. The predicted octanol–water partition coefficient (Wildman–Crippen LogP) is 0.868. The average molecular weight is 361 g/mol. The second-order valence-corrected chi connectivity index (χ2v) is 8.46. The molecule has 0 aromatic rings. The Hall–Kier alpha value is -0.0000000000000000694. The Balaban J connectivity index is 2.11. The van der Waals surface area contributed by atoms with Crippen molar-refractivity contribution in [3.8, 4) is 0 Å². The summed E-state index contributed by atoms with van der Waals surface area (Å²) < 4.78 is 49.2. The van der Waals surface area contributed by atoms with Gasteiger partial charge in [-0.25, -0.2) is 0 Å². The Labute approximate surface area is 134 Å². The third-order valence-corrected chi connectivity index (χ3v) is 3.85. The summed E-state index contributed by atoms with van der Waals surface area (Å²) in [6.45, 7) is 6.03. The lowest BCUT2D eigenvalue weighted by atomic mass is 10.0. The SMILES string of the molecule is CC(C)(O)O[C@@H]1CO[C@@]2(COS(=O)(=O)Cl)OC(C)(C)O[C@H]2C1. The van der Waals surface area contributed by atoms with E-state index in [1.165, 1.54) is 13.8 Å². The quantitative estimate of drug-likeness (QED) is 0.569. The maximum absolute atomic E-state index is 11.0. The Morgan fingerprint density at radius 3 is 2.59 bits per heavy atom. The molecule has 2 fully saturated rings. The summed E-state index contributed by atoms with van der Waals surface area (Å²) in [7, 11) is 0.905. The second-order valence-electron chi connectivity index (χ2n) is 6.31. The summed E-state index contributed by atoms with van der Waals surface area (Å²) in [4.78, 5) is 0. The third-order valence-electron chi connectivity index (χ3n) is 3.18. The highest BCUT2D eigenvalue weighted by atomic mass is 35.7. The van der Waals surface area contributed by atoms with Crippen molar-refractivity contribution in [2.24, 2.45) is 0 Å². The number of fused-ring (bicyclic) bond motifs is 1. The summed E-state index contributed by atoms with van der Waals surface area (Å²) in [5, 5.41) is 9.72. The Bertz CT molecular complexity index is 514. The van der Waals surface area contributed by atoms with Gasteiger partial charge in [0.25, 0.3) is 0 Å². The van der Waals surface area contributed by atoms with Crippen LogP contribution < -0.4 is 0 Å². The first-order valence-electron chi connectivity index (χ1n) is 6.81. The van der Waals surface area contributed by atoms with Crippen LogP contribution in [0.2, 0.25) is 0 Å². The molecule has 2 rings (SSSR count). The van der Waals surface area contributed by atoms with E-state index in [9.17, 15) is 13.5 Å². The van der Waals surface area contributed by atoms with E-state index in [2.05, 4.69) is 4.18 Å². The highest BCUT2D eigenvalue weighted by molar-refractivity contribution is 8.09. The molecule has 0 radical (unpaired) electrons. The molecule has 1 N–H and O–H groups in total. The second kappa shape index (κ2) is 5.82. The number of aliphatic hydroxyl groups is 1. The number of hydrogen-bond acceptors (Lipinski definition) is 8. The monoisotopic (exact) mass is 360 g/mol. The van der Waals surface area contributed by atoms with E-state index in [4.69, 9.17) is 29.6 Å². The molecule has 0 spiro atoms. The van der Waals surface area contributed by atoms with Crippen molar-refractivity contribution in [2.45, 2.75) is 63.7 Å². The molecule has 0 unspecified atom stereocenters. The normalized spacial score (nSPS) is 35.4. The number of rotatable bonds is 5. The van der Waals surface area contributed by atoms with Crippen LogP contribution in [-0.2, 0) is 32.5 Å². The van der Waals surface area contributed by atoms with Crippen molar-refractivity contribution in [1.82, 2.24) is 0 Å². The maximum Gasteiger partial charge on any atom is 0.355 e. The number of ether oxygens (including phenoxy) is 4. The van der Waals surface area contributed by atoms with Crippen molar-refractivity contribution in [3.63, 3.8) is 0 Å². The van der Waals surface area contributed by atoms with Crippen LogP contribution >= 0.6 is 10.7 Å². The fourth-order valence-electron chi connectivity index (χ4n) is 2.64. The molecule has 0 saturated carbocycles. The van der Waals surface area contributed by atoms with E-state index in [0.717, 1.165) is 0 Å². The lowest BCUT2D eigenvalue weighted by Crippen LogP contribution is -2.55. The van der Waals surface area contributed by atoms with Crippen LogP contribution in [0.1, 0.15) is 34.1 Å². The van der Waals surface area contributed by atoms with Crippen LogP contribution in [0.15, 0.2) is 0 Å². The molecule has 2 aliphatic rings. The van der Waals surface area contributed by atoms with Gasteiger partial charge in [0.15, 0.2) is 11.6 Å². The van der Waals surface area contributed by atoms with E-state index in [1.807, 2.05) is 0 Å². The highest BCUT2D eigenvalue weighted by Crippen LogP contribution is 2.43. The van der Waals surface area contributed by atoms with Crippen LogP contribution in [0, 0.1) is 0 Å².